The number of carbonyl (C=O) groups is 1. The van der Waals surface area contributed by atoms with Crippen LogP contribution in [-0.4, -0.2) is 36.0 Å². The fraction of sp³-hybridized carbons (Fsp3) is 0.556. The number of hydrogen-bond acceptors (Lipinski definition) is 3. The van der Waals surface area contributed by atoms with Gasteiger partial charge in [0.05, 0.1) is 6.07 Å². The first kappa shape index (κ1) is 16.5. The van der Waals surface area contributed by atoms with Crippen LogP contribution in [0.1, 0.15) is 39.5 Å². The van der Waals surface area contributed by atoms with Gasteiger partial charge in [-0.1, -0.05) is 25.1 Å². The third-order valence-corrected chi connectivity index (χ3v) is 4.58. The molecule has 118 valence electrons. The first-order valence-corrected chi connectivity index (χ1v) is 8.08. The Morgan fingerprint density at radius 3 is 2.50 bits per heavy atom. The molecule has 1 aliphatic heterocycles. The van der Waals surface area contributed by atoms with Gasteiger partial charge in [0.1, 0.15) is 0 Å². The molecule has 0 atom stereocenters. The third kappa shape index (κ3) is 3.66. The summed E-state index contributed by atoms with van der Waals surface area (Å²) in [5, 5.41) is 8.71. The lowest BCUT2D eigenvalue weighted by Crippen LogP contribution is -2.56. The standard InChI is InChI=1S/C18H25N3O/c1-3-17(22)21(16-8-5-4-6-9-16)18(2)10-14-20(15-11-18)13-7-12-19/h4-6,8-9H,3,7,10-11,13-15H2,1-2H3. The number of para-hydroxylation sites is 1. The van der Waals surface area contributed by atoms with Crippen molar-refractivity contribution in [2.24, 2.45) is 0 Å². The summed E-state index contributed by atoms with van der Waals surface area (Å²) in [5.74, 6) is 0.180. The van der Waals surface area contributed by atoms with Gasteiger partial charge in [-0.3, -0.25) is 4.79 Å². The van der Waals surface area contributed by atoms with Crippen LogP contribution in [0.15, 0.2) is 30.3 Å². The number of carbonyl (C=O) groups excluding carboxylic acids is 1. The van der Waals surface area contributed by atoms with Crippen LogP contribution < -0.4 is 4.90 Å². The van der Waals surface area contributed by atoms with E-state index in [9.17, 15) is 4.79 Å². The van der Waals surface area contributed by atoms with Crippen molar-refractivity contribution in [3.8, 4) is 6.07 Å². The van der Waals surface area contributed by atoms with E-state index in [4.69, 9.17) is 5.26 Å². The number of likely N-dealkylation sites (tertiary alicyclic amines) is 1. The smallest absolute Gasteiger partial charge is 0.227 e. The summed E-state index contributed by atoms with van der Waals surface area (Å²) >= 11 is 0. The van der Waals surface area contributed by atoms with E-state index >= 15 is 0 Å². The highest BCUT2D eigenvalue weighted by Crippen LogP contribution is 2.33. The Balaban J connectivity index is 2.15. The van der Waals surface area contributed by atoms with Crippen molar-refractivity contribution in [1.82, 2.24) is 4.90 Å². The molecule has 1 aromatic rings. The highest BCUT2D eigenvalue weighted by molar-refractivity contribution is 5.94. The van der Waals surface area contributed by atoms with Crippen LogP contribution in [0.5, 0.6) is 0 Å². The van der Waals surface area contributed by atoms with E-state index in [1.165, 1.54) is 0 Å². The van der Waals surface area contributed by atoms with Gasteiger partial charge in [-0.2, -0.15) is 5.26 Å². The Labute approximate surface area is 133 Å². The number of rotatable bonds is 5. The summed E-state index contributed by atoms with van der Waals surface area (Å²) in [4.78, 5) is 16.9. The van der Waals surface area contributed by atoms with Gasteiger partial charge in [0.2, 0.25) is 5.91 Å². The Morgan fingerprint density at radius 2 is 1.95 bits per heavy atom. The number of benzene rings is 1. The molecule has 2 rings (SSSR count). The van der Waals surface area contributed by atoms with Gasteiger partial charge in [0.15, 0.2) is 0 Å². The molecule has 0 N–H and O–H groups in total. The fourth-order valence-corrected chi connectivity index (χ4v) is 3.18. The van der Waals surface area contributed by atoms with Crippen molar-refractivity contribution >= 4 is 11.6 Å². The number of amides is 1. The first-order chi connectivity index (χ1) is 10.6. The predicted molar refractivity (Wildman–Crippen MR) is 88.5 cm³/mol. The van der Waals surface area contributed by atoms with Gasteiger partial charge in [-0.05, 0) is 31.9 Å². The molecular formula is C18H25N3O. The quantitative estimate of drug-likeness (QED) is 0.839. The Hall–Kier alpha value is -1.86. The Morgan fingerprint density at radius 1 is 1.32 bits per heavy atom. The highest BCUT2D eigenvalue weighted by atomic mass is 16.2. The van der Waals surface area contributed by atoms with Gasteiger partial charge in [0, 0.05) is 43.7 Å². The summed E-state index contributed by atoms with van der Waals surface area (Å²) in [6.45, 7) is 6.83. The minimum Gasteiger partial charge on any atom is -0.307 e. The van der Waals surface area contributed by atoms with Gasteiger partial charge >= 0.3 is 0 Å². The molecule has 1 fully saturated rings. The molecule has 0 unspecified atom stereocenters. The summed E-state index contributed by atoms with van der Waals surface area (Å²) in [5.41, 5.74) is 0.847. The molecule has 0 bridgehead atoms. The lowest BCUT2D eigenvalue weighted by atomic mass is 9.86. The van der Waals surface area contributed by atoms with E-state index in [1.807, 2.05) is 42.2 Å². The molecular weight excluding hydrogens is 274 g/mol. The zero-order valence-electron chi connectivity index (χ0n) is 13.6. The maximum absolute atomic E-state index is 12.5. The molecule has 1 heterocycles. The molecule has 4 heteroatoms. The number of piperidine rings is 1. The molecule has 1 aromatic carbocycles. The van der Waals surface area contributed by atoms with Gasteiger partial charge in [-0.25, -0.2) is 0 Å². The minimum absolute atomic E-state index is 0.141. The maximum atomic E-state index is 12.5. The lowest BCUT2D eigenvalue weighted by Gasteiger charge is -2.46. The zero-order chi connectivity index (χ0) is 16.0. The average molecular weight is 299 g/mol. The van der Waals surface area contributed by atoms with Crippen molar-refractivity contribution in [2.75, 3.05) is 24.5 Å². The lowest BCUT2D eigenvalue weighted by molar-refractivity contribution is -0.119. The second-order valence-electron chi connectivity index (χ2n) is 6.16. The van der Waals surface area contributed by atoms with Crippen LogP contribution in [0.3, 0.4) is 0 Å². The molecule has 1 amide bonds. The van der Waals surface area contributed by atoms with Crippen LogP contribution in [0.2, 0.25) is 0 Å². The summed E-state index contributed by atoms with van der Waals surface area (Å²) in [6.07, 6.45) is 2.98. The van der Waals surface area contributed by atoms with Crippen LogP contribution in [0.25, 0.3) is 0 Å². The SMILES string of the molecule is CCC(=O)N(c1ccccc1)C1(C)CCN(CCC#N)CC1. The normalized spacial score (nSPS) is 17.7. The summed E-state index contributed by atoms with van der Waals surface area (Å²) in [6, 6.07) is 12.2. The highest BCUT2D eigenvalue weighted by Gasteiger charge is 2.38. The van der Waals surface area contributed by atoms with Crippen molar-refractivity contribution < 1.29 is 4.79 Å². The third-order valence-electron chi connectivity index (χ3n) is 4.58. The van der Waals surface area contributed by atoms with E-state index in [0.717, 1.165) is 38.2 Å². The average Bonchev–Trinajstić information content (AvgIpc) is 2.55. The predicted octanol–water partition coefficient (Wildman–Crippen LogP) is 3.20. The maximum Gasteiger partial charge on any atom is 0.227 e. The molecule has 4 nitrogen and oxygen atoms in total. The van der Waals surface area contributed by atoms with E-state index in [0.29, 0.717) is 12.8 Å². The van der Waals surface area contributed by atoms with Gasteiger partial charge < -0.3 is 9.80 Å². The van der Waals surface area contributed by atoms with Crippen LogP contribution in [-0.2, 0) is 4.79 Å². The van der Waals surface area contributed by atoms with Gasteiger partial charge in [0.25, 0.3) is 0 Å². The van der Waals surface area contributed by atoms with Crippen LogP contribution in [0, 0.1) is 11.3 Å². The monoisotopic (exact) mass is 299 g/mol. The molecule has 0 aromatic heterocycles. The molecule has 1 aliphatic rings. The second-order valence-corrected chi connectivity index (χ2v) is 6.16. The number of hydrogen-bond donors (Lipinski definition) is 0. The van der Waals surface area contributed by atoms with E-state index in [-0.39, 0.29) is 11.4 Å². The van der Waals surface area contributed by atoms with E-state index in [2.05, 4.69) is 17.9 Å². The van der Waals surface area contributed by atoms with Crippen molar-refractivity contribution in [3.05, 3.63) is 30.3 Å². The van der Waals surface area contributed by atoms with Crippen LogP contribution in [0.4, 0.5) is 5.69 Å². The topological polar surface area (TPSA) is 47.3 Å². The van der Waals surface area contributed by atoms with E-state index < -0.39 is 0 Å². The minimum atomic E-state index is -0.141. The molecule has 0 aliphatic carbocycles. The van der Waals surface area contributed by atoms with Crippen LogP contribution >= 0.6 is 0 Å². The summed E-state index contributed by atoms with van der Waals surface area (Å²) in [7, 11) is 0. The first-order valence-electron chi connectivity index (χ1n) is 8.08. The molecule has 22 heavy (non-hydrogen) atoms. The Kier molecular flexibility index (Phi) is 5.57. The number of nitriles is 1. The molecule has 1 saturated heterocycles. The number of nitrogens with zero attached hydrogens (tertiary/aromatic N) is 3. The largest absolute Gasteiger partial charge is 0.307 e. The van der Waals surface area contributed by atoms with Crippen molar-refractivity contribution in [2.45, 2.75) is 45.1 Å². The van der Waals surface area contributed by atoms with Gasteiger partial charge in [-0.15, -0.1) is 0 Å². The van der Waals surface area contributed by atoms with Crippen molar-refractivity contribution in [3.63, 3.8) is 0 Å². The van der Waals surface area contributed by atoms with Crippen molar-refractivity contribution in [1.29, 1.82) is 5.26 Å². The fourth-order valence-electron chi connectivity index (χ4n) is 3.18. The Bertz CT molecular complexity index is 527. The van der Waals surface area contributed by atoms with E-state index in [1.54, 1.807) is 0 Å². The molecule has 0 saturated carbocycles. The molecule has 0 radical (unpaired) electrons. The zero-order valence-corrected chi connectivity index (χ0v) is 13.6. The number of anilines is 1. The summed E-state index contributed by atoms with van der Waals surface area (Å²) < 4.78 is 0. The second kappa shape index (κ2) is 7.42. The molecule has 0 spiro atoms.